The first-order valence-electron chi connectivity index (χ1n) is 9.57. The average Bonchev–Trinajstić information content (AvgIpc) is 2.60. The Hall–Kier alpha value is -1.22. The molecule has 2 bridgehead atoms. The number of hydrogen-bond donors (Lipinski definition) is 0. The van der Waals surface area contributed by atoms with Crippen LogP contribution in [0, 0.1) is 17.8 Å². The molecule has 4 rings (SSSR count). The molecule has 136 valence electrons. The molecule has 0 heterocycles. The third-order valence-corrected chi connectivity index (χ3v) is 7.01. The van der Waals surface area contributed by atoms with Crippen LogP contribution in [0.15, 0.2) is 18.2 Å². The Morgan fingerprint density at radius 1 is 1.28 bits per heavy atom. The zero-order valence-electron chi connectivity index (χ0n) is 15.1. The Morgan fingerprint density at radius 3 is 2.88 bits per heavy atom. The number of rotatable bonds is 3. The largest absolute Gasteiger partial charge is 0.497 e. The van der Waals surface area contributed by atoms with Crippen LogP contribution in [0.25, 0.3) is 0 Å². The standard InChI is InChI=1S/C21H27ClO3/c1-13(22)25-20(23)16-8-10-21-9-4-3-5-18(21)17(16)11-14-6-7-15(24-2)12-19(14)21/h6-7,12-13,16-18H,3-5,8-11H2,1-2H3/t13?,16?,17-,18-,21+/m1/s1. The average molecular weight is 363 g/mol. The predicted molar refractivity (Wildman–Crippen MR) is 98.0 cm³/mol. The van der Waals surface area contributed by atoms with Gasteiger partial charge in [0, 0.05) is 0 Å². The maximum Gasteiger partial charge on any atom is 0.310 e. The van der Waals surface area contributed by atoms with E-state index in [9.17, 15) is 4.79 Å². The predicted octanol–water partition coefficient (Wildman–Crippen LogP) is 4.83. The molecular formula is C21H27ClO3. The van der Waals surface area contributed by atoms with Crippen molar-refractivity contribution in [1.82, 2.24) is 0 Å². The number of benzene rings is 1. The molecule has 4 heteroatoms. The van der Waals surface area contributed by atoms with Crippen LogP contribution in [0.3, 0.4) is 0 Å². The minimum Gasteiger partial charge on any atom is -0.497 e. The second-order valence-electron chi connectivity index (χ2n) is 8.02. The number of methoxy groups -OCH3 is 1. The van der Waals surface area contributed by atoms with Gasteiger partial charge in [0.15, 0.2) is 5.56 Å². The third kappa shape index (κ3) is 2.75. The van der Waals surface area contributed by atoms with E-state index in [2.05, 4.69) is 18.2 Å². The van der Waals surface area contributed by atoms with E-state index in [0.717, 1.165) is 25.0 Å². The summed E-state index contributed by atoms with van der Waals surface area (Å²) in [5, 5.41) is 0. The molecule has 0 amide bonds. The van der Waals surface area contributed by atoms with Crippen LogP contribution in [0.4, 0.5) is 0 Å². The van der Waals surface area contributed by atoms with Gasteiger partial charge in [-0.3, -0.25) is 4.79 Å². The summed E-state index contributed by atoms with van der Waals surface area (Å²) in [5.74, 6) is 1.82. The summed E-state index contributed by atoms with van der Waals surface area (Å²) in [6, 6.07) is 6.54. The number of carbonyl (C=O) groups is 1. The van der Waals surface area contributed by atoms with Crippen molar-refractivity contribution in [3.05, 3.63) is 29.3 Å². The quantitative estimate of drug-likeness (QED) is 0.570. The fraction of sp³-hybridized carbons (Fsp3) is 0.667. The van der Waals surface area contributed by atoms with E-state index in [4.69, 9.17) is 21.1 Å². The molecule has 3 nitrogen and oxygen atoms in total. The molecule has 2 unspecified atom stereocenters. The molecule has 1 aromatic rings. The van der Waals surface area contributed by atoms with Gasteiger partial charge in [0.2, 0.25) is 0 Å². The van der Waals surface area contributed by atoms with Gasteiger partial charge in [0.05, 0.1) is 13.0 Å². The van der Waals surface area contributed by atoms with Crippen LogP contribution in [0.5, 0.6) is 5.75 Å². The first kappa shape index (κ1) is 17.2. The second kappa shape index (κ2) is 6.50. The zero-order chi connectivity index (χ0) is 17.6. The van der Waals surface area contributed by atoms with Crippen molar-refractivity contribution in [3.8, 4) is 5.75 Å². The molecule has 3 aliphatic carbocycles. The Balaban J connectivity index is 1.74. The molecule has 0 aliphatic heterocycles. The summed E-state index contributed by atoms with van der Waals surface area (Å²) in [6.07, 6.45) is 7.99. The monoisotopic (exact) mass is 362 g/mol. The van der Waals surface area contributed by atoms with Crippen molar-refractivity contribution in [2.75, 3.05) is 7.11 Å². The van der Waals surface area contributed by atoms with E-state index >= 15 is 0 Å². The fourth-order valence-corrected chi connectivity index (χ4v) is 6.07. The lowest BCUT2D eigenvalue weighted by molar-refractivity contribution is -0.157. The highest BCUT2D eigenvalue weighted by molar-refractivity contribution is 6.20. The molecule has 0 N–H and O–H groups in total. The Labute approximate surface area is 155 Å². The van der Waals surface area contributed by atoms with Gasteiger partial charge in [-0.05, 0) is 79.5 Å². The lowest BCUT2D eigenvalue weighted by Crippen LogP contribution is -2.54. The van der Waals surface area contributed by atoms with Gasteiger partial charge in [-0.1, -0.05) is 30.5 Å². The smallest absolute Gasteiger partial charge is 0.310 e. The van der Waals surface area contributed by atoms with Gasteiger partial charge >= 0.3 is 5.97 Å². The second-order valence-corrected chi connectivity index (χ2v) is 8.64. The van der Waals surface area contributed by atoms with Gasteiger partial charge in [0.25, 0.3) is 0 Å². The number of ether oxygens (including phenoxy) is 2. The van der Waals surface area contributed by atoms with Crippen molar-refractivity contribution in [3.63, 3.8) is 0 Å². The normalized spacial score (nSPS) is 34.4. The topological polar surface area (TPSA) is 35.5 Å². The molecule has 0 aromatic heterocycles. The number of alkyl halides is 1. The summed E-state index contributed by atoms with van der Waals surface area (Å²) < 4.78 is 10.9. The fourth-order valence-electron chi connectivity index (χ4n) is 5.98. The number of hydrogen-bond acceptors (Lipinski definition) is 3. The molecule has 1 aromatic carbocycles. The molecule has 0 spiro atoms. The highest BCUT2D eigenvalue weighted by Crippen LogP contribution is 2.60. The van der Waals surface area contributed by atoms with Gasteiger partial charge in [0.1, 0.15) is 5.75 Å². The van der Waals surface area contributed by atoms with Crippen molar-refractivity contribution in [1.29, 1.82) is 0 Å². The van der Waals surface area contributed by atoms with Gasteiger partial charge in [-0.25, -0.2) is 0 Å². The van der Waals surface area contributed by atoms with Gasteiger partial charge in [-0.15, -0.1) is 0 Å². The molecule has 0 saturated heterocycles. The molecule has 2 saturated carbocycles. The van der Waals surface area contributed by atoms with Crippen LogP contribution in [-0.2, 0) is 21.4 Å². The summed E-state index contributed by atoms with van der Waals surface area (Å²) in [7, 11) is 1.74. The van der Waals surface area contributed by atoms with Crippen molar-refractivity contribution < 1.29 is 14.3 Å². The lowest BCUT2D eigenvalue weighted by Gasteiger charge is -2.57. The molecule has 25 heavy (non-hydrogen) atoms. The first-order valence-corrected chi connectivity index (χ1v) is 10.0. The Morgan fingerprint density at radius 2 is 2.12 bits per heavy atom. The van der Waals surface area contributed by atoms with E-state index in [1.807, 2.05) is 0 Å². The Kier molecular flexibility index (Phi) is 4.47. The lowest BCUT2D eigenvalue weighted by atomic mass is 9.47. The van der Waals surface area contributed by atoms with Crippen LogP contribution in [0.1, 0.15) is 56.6 Å². The zero-order valence-corrected chi connectivity index (χ0v) is 15.8. The summed E-state index contributed by atoms with van der Waals surface area (Å²) in [5.41, 5.74) is 2.57. The van der Waals surface area contributed by atoms with Crippen molar-refractivity contribution in [2.24, 2.45) is 17.8 Å². The van der Waals surface area contributed by atoms with E-state index in [1.54, 1.807) is 14.0 Å². The van der Waals surface area contributed by atoms with E-state index in [0.29, 0.717) is 11.8 Å². The van der Waals surface area contributed by atoms with Crippen molar-refractivity contribution in [2.45, 2.75) is 62.8 Å². The third-order valence-electron chi connectivity index (χ3n) is 6.92. The van der Waals surface area contributed by atoms with Gasteiger partial charge < -0.3 is 9.47 Å². The molecule has 5 atom stereocenters. The number of fused-ring (bicyclic) bond motifs is 1. The maximum absolute atomic E-state index is 12.7. The van der Waals surface area contributed by atoms with Crippen LogP contribution in [-0.4, -0.2) is 18.6 Å². The summed E-state index contributed by atoms with van der Waals surface area (Å²) >= 11 is 5.92. The molecular weight excluding hydrogens is 336 g/mol. The Bertz CT molecular complexity index is 671. The van der Waals surface area contributed by atoms with Gasteiger partial charge in [-0.2, -0.15) is 0 Å². The highest BCUT2D eigenvalue weighted by Gasteiger charge is 2.56. The maximum atomic E-state index is 12.7. The number of halogens is 1. The number of esters is 1. The molecule has 3 aliphatic rings. The van der Waals surface area contributed by atoms with E-state index in [1.165, 1.54) is 36.8 Å². The summed E-state index contributed by atoms with van der Waals surface area (Å²) in [6.45, 7) is 1.72. The first-order chi connectivity index (χ1) is 12.0. The number of carbonyl (C=O) groups excluding carboxylic acids is 1. The molecule has 2 fully saturated rings. The minimum absolute atomic E-state index is 0.00678. The van der Waals surface area contributed by atoms with Crippen molar-refractivity contribution >= 4 is 17.6 Å². The van der Waals surface area contributed by atoms with E-state index in [-0.39, 0.29) is 17.3 Å². The SMILES string of the molecule is COc1ccc2c(c1)[C@]13CCCC[C@@H]1[C@H](C2)C(C(=O)OC(C)Cl)CC3. The van der Waals surface area contributed by atoms with E-state index < -0.39 is 5.56 Å². The highest BCUT2D eigenvalue weighted by atomic mass is 35.5. The van der Waals surface area contributed by atoms with Crippen LogP contribution in [0.2, 0.25) is 0 Å². The summed E-state index contributed by atoms with van der Waals surface area (Å²) in [4.78, 5) is 12.7. The minimum atomic E-state index is -0.550. The molecule has 0 radical (unpaired) electrons. The van der Waals surface area contributed by atoms with Crippen LogP contribution >= 0.6 is 11.6 Å². The van der Waals surface area contributed by atoms with Crippen LogP contribution < -0.4 is 4.74 Å².